The summed E-state index contributed by atoms with van der Waals surface area (Å²) in [4.78, 5) is 15.6. The molecule has 7 heteroatoms. The van der Waals surface area contributed by atoms with Gasteiger partial charge < -0.3 is 13.6 Å². The topological polar surface area (TPSA) is 61.7 Å². The molecule has 6 nitrogen and oxygen atoms in total. The summed E-state index contributed by atoms with van der Waals surface area (Å²) in [5.74, 6) is 1.91. The minimum atomic E-state index is 0.635. The van der Waals surface area contributed by atoms with Gasteiger partial charge in [-0.3, -0.25) is 0 Å². The Morgan fingerprint density at radius 3 is 1.69 bits per heavy atom. The Labute approximate surface area is 404 Å². The van der Waals surface area contributed by atoms with Gasteiger partial charge in [0.15, 0.2) is 17.5 Å². The van der Waals surface area contributed by atoms with E-state index in [1.54, 1.807) is 0 Å². The van der Waals surface area contributed by atoms with Gasteiger partial charge in [0.2, 0.25) is 0 Å². The first-order chi connectivity index (χ1) is 34.7. The van der Waals surface area contributed by atoms with Crippen molar-refractivity contribution in [3.8, 4) is 56.7 Å². The highest BCUT2D eigenvalue weighted by molar-refractivity contribution is 7.26. The van der Waals surface area contributed by atoms with Crippen molar-refractivity contribution >= 4 is 97.1 Å². The molecule has 0 aliphatic carbocycles. The van der Waals surface area contributed by atoms with Gasteiger partial charge in [0.25, 0.3) is 0 Å². The molecule has 0 aliphatic rings. The van der Waals surface area contributed by atoms with Crippen LogP contribution in [0, 0.1) is 0 Å². The Balaban J connectivity index is 1.08. The molecule has 0 aliphatic heterocycles. The Kier molecular flexibility index (Phi) is 8.43. The second-order valence-corrected chi connectivity index (χ2v) is 18.9. The van der Waals surface area contributed by atoms with Gasteiger partial charge in [-0.15, -0.1) is 11.3 Å². The van der Waals surface area contributed by atoms with Gasteiger partial charge in [0.1, 0.15) is 11.2 Å². The molecule has 0 spiro atoms. The zero-order chi connectivity index (χ0) is 45.9. The second kappa shape index (κ2) is 15.2. The maximum Gasteiger partial charge on any atom is 0.164 e. The molecule has 0 N–H and O–H groups in total. The molecular formula is C63H37N5OS. The van der Waals surface area contributed by atoms with Crippen LogP contribution >= 0.6 is 11.3 Å². The van der Waals surface area contributed by atoms with Gasteiger partial charge in [0.05, 0.1) is 32.5 Å². The molecular weight excluding hydrogens is 875 g/mol. The van der Waals surface area contributed by atoms with E-state index < -0.39 is 0 Å². The molecule has 0 saturated carbocycles. The van der Waals surface area contributed by atoms with Crippen molar-refractivity contribution in [1.29, 1.82) is 0 Å². The summed E-state index contributed by atoms with van der Waals surface area (Å²) in [6.07, 6.45) is 0. The van der Waals surface area contributed by atoms with E-state index in [2.05, 4.69) is 191 Å². The number of hydrogen-bond acceptors (Lipinski definition) is 5. The lowest BCUT2D eigenvalue weighted by Crippen LogP contribution is -2.01. The van der Waals surface area contributed by atoms with Gasteiger partial charge in [0, 0.05) is 75.7 Å². The number of para-hydroxylation sites is 4. The Morgan fingerprint density at radius 2 is 0.943 bits per heavy atom. The van der Waals surface area contributed by atoms with Crippen LogP contribution in [-0.4, -0.2) is 24.1 Å². The van der Waals surface area contributed by atoms with E-state index in [-0.39, 0.29) is 0 Å². The Morgan fingerprint density at radius 1 is 0.357 bits per heavy atom. The quantitative estimate of drug-likeness (QED) is 0.167. The van der Waals surface area contributed by atoms with Crippen molar-refractivity contribution in [3.05, 3.63) is 224 Å². The normalized spacial score (nSPS) is 12.0. The van der Waals surface area contributed by atoms with Crippen LogP contribution in [0.25, 0.3) is 142 Å². The van der Waals surface area contributed by atoms with Crippen LogP contribution < -0.4 is 0 Å². The number of nitrogens with zero attached hydrogens (tertiary/aromatic N) is 5. The van der Waals surface area contributed by atoms with E-state index in [0.717, 1.165) is 93.3 Å². The van der Waals surface area contributed by atoms with Crippen LogP contribution in [0.15, 0.2) is 229 Å². The Bertz CT molecular complexity index is 4530. The maximum absolute atomic E-state index is 6.38. The first-order valence-corrected chi connectivity index (χ1v) is 24.3. The summed E-state index contributed by atoms with van der Waals surface area (Å²) in [6, 6.07) is 79.7. The Hall–Kier alpha value is -9.17. The summed E-state index contributed by atoms with van der Waals surface area (Å²) in [6.45, 7) is 0. The lowest BCUT2D eigenvalue weighted by atomic mass is 9.96. The average Bonchev–Trinajstić information content (AvgIpc) is 4.19. The van der Waals surface area contributed by atoms with E-state index in [1.807, 2.05) is 53.8 Å². The molecule has 0 atom stereocenters. The zero-order valence-corrected chi connectivity index (χ0v) is 38.2. The summed E-state index contributed by atoms with van der Waals surface area (Å²) < 4.78 is 13.7. The predicted molar refractivity (Wildman–Crippen MR) is 290 cm³/mol. The molecule has 15 rings (SSSR count). The van der Waals surface area contributed by atoms with E-state index in [1.165, 1.54) is 31.6 Å². The first-order valence-electron chi connectivity index (χ1n) is 23.5. The van der Waals surface area contributed by atoms with Crippen molar-refractivity contribution in [1.82, 2.24) is 24.1 Å². The maximum atomic E-state index is 6.38. The van der Waals surface area contributed by atoms with E-state index >= 15 is 0 Å². The van der Waals surface area contributed by atoms with E-state index in [4.69, 9.17) is 19.4 Å². The van der Waals surface area contributed by atoms with Gasteiger partial charge in [-0.05, 0) is 72.3 Å². The highest BCUT2D eigenvalue weighted by Crippen LogP contribution is 2.50. The van der Waals surface area contributed by atoms with Crippen molar-refractivity contribution < 1.29 is 4.42 Å². The summed E-state index contributed by atoms with van der Waals surface area (Å²) >= 11 is 1.82. The third kappa shape index (κ3) is 5.76. The van der Waals surface area contributed by atoms with Crippen molar-refractivity contribution in [2.75, 3.05) is 0 Å². The lowest BCUT2D eigenvalue weighted by Gasteiger charge is -2.15. The number of hydrogen-bond donors (Lipinski definition) is 0. The van der Waals surface area contributed by atoms with Gasteiger partial charge >= 0.3 is 0 Å². The molecule has 0 bridgehead atoms. The van der Waals surface area contributed by atoms with Crippen LogP contribution in [-0.2, 0) is 0 Å². The van der Waals surface area contributed by atoms with Crippen molar-refractivity contribution in [2.24, 2.45) is 0 Å². The average molecular weight is 912 g/mol. The smallest absolute Gasteiger partial charge is 0.164 e. The van der Waals surface area contributed by atoms with Gasteiger partial charge in [-0.25, -0.2) is 15.0 Å². The molecule has 0 radical (unpaired) electrons. The monoisotopic (exact) mass is 911 g/mol. The molecule has 326 valence electrons. The highest BCUT2D eigenvalue weighted by atomic mass is 32.1. The summed E-state index contributed by atoms with van der Waals surface area (Å²) in [7, 11) is 0. The SMILES string of the molecule is c1ccc(-c2nc(-c3ccccc3)nc(-c3ccc(-n4c5ccccc5c5cc(-c6ccc7oc8ccccc8c7c6)c6c(c7ccccc7n6-c6ccccc6)c54)c4sc5ccccc5c34)n2)cc1. The number of thiophene rings is 1. The largest absolute Gasteiger partial charge is 0.456 e. The minimum absolute atomic E-state index is 0.635. The first kappa shape index (κ1) is 38.9. The number of furan rings is 1. The summed E-state index contributed by atoms with van der Waals surface area (Å²) in [5, 5.41) is 9.23. The molecule has 15 aromatic rings. The van der Waals surface area contributed by atoms with E-state index in [9.17, 15) is 0 Å². The minimum Gasteiger partial charge on any atom is -0.456 e. The number of benzene rings is 10. The fraction of sp³-hybridized carbons (Fsp3) is 0. The fourth-order valence-electron chi connectivity index (χ4n) is 10.9. The molecule has 0 unspecified atom stereocenters. The molecule has 0 fully saturated rings. The van der Waals surface area contributed by atoms with Crippen LogP contribution in [0.2, 0.25) is 0 Å². The number of aromatic nitrogens is 5. The standard InChI is InChI=1S/C63H37N5OS/c1-4-18-38(19-5-1)61-64-62(39-20-6-2-7-21-39)66-63(65-61)46-33-34-52(60-56(46)45-27-13-17-31-55(45)70-60)68-50-28-14-10-24-42(50)49-37-47(40-32-35-54-48(36-40)43-25-12-16-30-53(43)69-54)58-57(59(49)68)44-26-11-15-29-51(44)67(58)41-22-8-3-9-23-41/h1-37H. The molecule has 0 saturated heterocycles. The van der Waals surface area contributed by atoms with Gasteiger partial charge in [-0.2, -0.15) is 0 Å². The molecule has 0 amide bonds. The molecule has 5 heterocycles. The number of rotatable bonds is 6. The number of fused-ring (bicyclic) bond motifs is 13. The predicted octanol–water partition coefficient (Wildman–Crippen LogP) is 17.0. The second-order valence-electron chi connectivity index (χ2n) is 17.9. The third-order valence-electron chi connectivity index (χ3n) is 14.0. The zero-order valence-electron chi connectivity index (χ0n) is 37.4. The molecule has 10 aromatic carbocycles. The molecule has 5 aromatic heterocycles. The fourth-order valence-corrected chi connectivity index (χ4v) is 12.2. The highest BCUT2D eigenvalue weighted by Gasteiger charge is 2.27. The third-order valence-corrected chi connectivity index (χ3v) is 15.2. The van der Waals surface area contributed by atoms with Crippen molar-refractivity contribution in [3.63, 3.8) is 0 Å². The summed E-state index contributed by atoms with van der Waals surface area (Å²) in [5.41, 5.74) is 13.7. The van der Waals surface area contributed by atoms with Crippen LogP contribution in [0.5, 0.6) is 0 Å². The van der Waals surface area contributed by atoms with Crippen molar-refractivity contribution in [2.45, 2.75) is 0 Å². The lowest BCUT2D eigenvalue weighted by molar-refractivity contribution is 0.669. The van der Waals surface area contributed by atoms with Crippen LogP contribution in [0.1, 0.15) is 0 Å². The van der Waals surface area contributed by atoms with E-state index in [0.29, 0.717) is 17.5 Å². The van der Waals surface area contributed by atoms with Crippen LogP contribution in [0.4, 0.5) is 0 Å². The van der Waals surface area contributed by atoms with Gasteiger partial charge in [-0.1, -0.05) is 158 Å². The van der Waals surface area contributed by atoms with Crippen LogP contribution in [0.3, 0.4) is 0 Å². The molecule has 70 heavy (non-hydrogen) atoms.